The predicted molar refractivity (Wildman–Crippen MR) is 247 cm³/mol. The van der Waals surface area contributed by atoms with E-state index in [0.29, 0.717) is 102 Å². The molecule has 1 N–H and O–H groups in total. The molecule has 0 unspecified atom stereocenters. The van der Waals surface area contributed by atoms with E-state index in [0.717, 1.165) is 63.8 Å². The van der Waals surface area contributed by atoms with Crippen molar-refractivity contribution in [3.05, 3.63) is 69.3 Å². The Morgan fingerprint density at radius 2 is 0.844 bits per heavy atom. The summed E-state index contributed by atoms with van der Waals surface area (Å²) in [5, 5.41) is 9.72. The molecule has 0 aromatic carbocycles. The number of carboxylic acid groups (broad SMARTS) is 1. The van der Waals surface area contributed by atoms with Crippen LogP contribution in [0.3, 0.4) is 0 Å². The second-order valence-corrected chi connectivity index (χ2v) is 18.1. The van der Waals surface area contributed by atoms with Gasteiger partial charge in [-0.3, -0.25) is 19.2 Å². The van der Waals surface area contributed by atoms with Crippen LogP contribution >= 0.6 is 0 Å². The first-order chi connectivity index (χ1) is 29.9. The number of allylic oxidation sites excluding steroid dienone is 4. The summed E-state index contributed by atoms with van der Waals surface area (Å²) < 4.78 is 16.7. The molecule has 64 heavy (non-hydrogen) atoms. The van der Waals surface area contributed by atoms with Gasteiger partial charge in [-0.25, -0.2) is 9.97 Å². The number of aromatic nitrogens is 4. The number of aliphatic carboxylic acids is 1. The van der Waals surface area contributed by atoms with E-state index in [2.05, 4.69) is 41.5 Å². The maximum absolute atomic E-state index is 13.0. The molecule has 2 aliphatic heterocycles. The topological polar surface area (TPSA) is 170 Å². The second-order valence-electron chi connectivity index (χ2n) is 18.1. The van der Waals surface area contributed by atoms with Gasteiger partial charge >= 0.3 is 44.3 Å². The number of carbonyl (C=O) groups excluding carboxylic acids is 3. The quantitative estimate of drug-likeness (QED) is 0.0610. The van der Waals surface area contributed by atoms with E-state index in [1.807, 2.05) is 52.0 Å². The molecule has 0 aliphatic carbocycles. The van der Waals surface area contributed by atoms with Crippen LogP contribution in [0.4, 0.5) is 0 Å². The Morgan fingerprint density at radius 1 is 0.516 bits per heavy atom. The summed E-state index contributed by atoms with van der Waals surface area (Å²) in [4.78, 5) is 71.3. The zero-order chi connectivity index (χ0) is 46.0. The number of carboxylic acids is 1. The van der Waals surface area contributed by atoms with Crippen LogP contribution in [0.15, 0.2) is 24.3 Å². The minimum atomic E-state index is -0.914. The minimum absolute atomic E-state index is 0. The number of carbonyl (C=O) groups is 4. The Hall–Kier alpha value is -4.86. The van der Waals surface area contributed by atoms with Crippen molar-refractivity contribution < 1.29 is 58.9 Å². The fraction of sp³-hybridized carbons (Fsp3) is 0.529. The van der Waals surface area contributed by atoms with E-state index in [1.54, 1.807) is 0 Å². The maximum Gasteiger partial charge on any atom is 2.00 e. The number of aryl methyl sites for hydroxylation is 4. The molecule has 0 atom stereocenters. The normalized spacial score (nSPS) is 12.6. The van der Waals surface area contributed by atoms with Crippen molar-refractivity contribution in [3.63, 3.8) is 0 Å². The molecule has 8 bridgehead atoms. The van der Waals surface area contributed by atoms with Gasteiger partial charge in [0.15, 0.2) is 0 Å². The third-order valence-electron chi connectivity index (χ3n) is 11.8. The Balaban J connectivity index is 0.00000898. The summed E-state index contributed by atoms with van der Waals surface area (Å²) in [5.74, 6) is -0.510. The zero-order valence-corrected chi connectivity index (χ0v) is 40.9. The van der Waals surface area contributed by atoms with Gasteiger partial charge in [0.25, 0.3) is 0 Å². The Kier molecular flexibility index (Phi) is 19.3. The minimum Gasteiger partial charge on any atom is -0.657 e. The van der Waals surface area contributed by atoms with Crippen molar-refractivity contribution in [2.24, 2.45) is 17.8 Å². The van der Waals surface area contributed by atoms with Crippen molar-refractivity contribution in [1.29, 1.82) is 0 Å². The van der Waals surface area contributed by atoms with Crippen molar-refractivity contribution in [2.45, 2.75) is 140 Å². The Bertz CT molecular complexity index is 2420. The van der Waals surface area contributed by atoms with E-state index in [4.69, 9.17) is 34.1 Å². The molecule has 0 fully saturated rings. The fourth-order valence-corrected chi connectivity index (χ4v) is 7.69. The molecule has 0 saturated heterocycles. The zero-order valence-electron chi connectivity index (χ0n) is 39.4. The summed E-state index contributed by atoms with van der Waals surface area (Å²) in [6, 6.07) is 7.69. The van der Waals surface area contributed by atoms with Crippen molar-refractivity contribution >= 4 is 68.2 Å². The van der Waals surface area contributed by atoms with Gasteiger partial charge in [-0.1, -0.05) is 88.1 Å². The van der Waals surface area contributed by atoms with Crippen LogP contribution in [0.5, 0.6) is 0 Å². The third kappa shape index (κ3) is 14.1. The van der Waals surface area contributed by atoms with Gasteiger partial charge in [-0.2, -0.15) is 0 Å². The van der Waals surface area contributed by atoms with Crippen LogP contribution in [0.25, 0.3) is 44.4 Å². The molecule has 0 saturated carbocycles. The van der Waals surface area contributed by atoms with E-state index < -0.39 is 5.97 Å². The molecule has 12 nitrogen and oxygen atoms in total. The standard InChI is InChI=1S/C51H67N4O8.Pd/c1-29(2)19-22-61-49(58)16-12-37-33(8)41-25-44-36(11-15-48(56)57)32(7)40(52-44)26-45-38(13-17-50(59)62-23-20-30(3)4)34(9)42(54-45)28-47-39(14-18-51(60)63-24-21-31(5)6)35(10)43(55-47)27-46(37)53-41;/h25-31H,11-24H2,1-10H3,(H2-,52,53,54,55,56,57);/q-1;+2/p-1. The molecule has 2 aliphatic rings. The first kappa shape index (κ1) is 51.8. The van der Waals surface area contributed by atoms with E-state index >= 15 is 0 Å². The summed E-state index contributed by atoms with van der Waals surface area (Å²) in [5.41, 5.74) is 12.1. The van der Waals surface area contributed by atoms with Crippen molar-refractivity contribution in [1.82, 2.24) is 19.9 Å². The fourth-order valence-electron chi connectivity index (χ4n) is 7.69. The summed E-state index contributed by atoms with van der Waals surface area (Å²) in [6.07, 6.45) is 4.21. The largest absolute Gasteiger partial charge is 2.00 e. The van der Waals surface area contributed by atoms with Crippen LogP contribution in [0.1, 0.15) is 158 Å². The third-order valence-corrected chi connectivity index (χ3v) is 11.8. The number of esters is 3. The smallest absolute Gasteiger partial charge is 0.657 e. The van der Waals surface area contributed by atoms with Crippen LogP contribution < -0.4 is 9.97 Å². The van der Waals surface area contributed by atoms with Crippen LogP contribution in [0, 0.1) is 31.6 Å². The molecule has 348 valence electrons. The molecule has 5 heterocycles. The summed E-state index contributed by atoms with van der Waals surface area (Å²) in [6.45, 7) is 21.5. The first-order valence-corrected chi connectivity index (χ1v) is 22.6. The average Bonchev–Trinajstić information content (AvgIpc) is 3.86. The molecular weight excluding hydrogens is 903 g/mol. The molecule has 0 radical (unpaired) electrons. The van der Waals surface area contributed by atoms with Gasteiger partial charge in [-0.15, -0.1) is 22.1 Å². The Labute approximate surface area is 392 Å². The number of ether oxygens (including phenoxy) is 3. The molecule has 0 spiro atoms. The predicted octanol–water partition coefficient (Wildman–Crippen LogP) is 10.3. The summed E-state index contributed by atoms with van der Waals surface area (Å²) in [7, 11) is 0. The number of nitrogens with zero attached hydrogens (tertiary/aromatic N) is 4. The van der Waals surface area contributed by atoms with Gasteiger partial charge in [0.05, 0.1) is 42.6 Å². The molecule has 5 rings (SSSR count). The maximum atomic E-state index is 13.0. The van der Waals surface area contributed by atoms with Crippen LogP contribution in [-0.4, -0.2) is 58.8 Å². The molecule has 13 heteroatoms. The number of hydrogen-bond donors (Lipinski definition) is 1. The van der Waals surface area contributed by atoms with Gasteiger partial charge in [-0.05, 0) is 113 Å². The summed E-state index contributed by atoms with van der Waals surface area (Å²) >= 11 is 0. The van der Waals surface area contributed by atoms with Gasteiger partial charge in [0.1, 0.15) is 0 Å². The number of fused-ring (bicyclic) bond motifs is 8. The van der Waals surface area contributed by atoms with Gasteiger partial charge in [0, 0.05) is 25.7 Å². The van der Waals surface area contributed by atoms with Crippen LogP contribution in [-0.2, 0) is 66.7 Å². The van der Waals surface area contributed by atoms with Crippen molar-refractivity contribution in [3.8, 4) is 0 Å². The van der Waals surface area contributed by atoms with E-state index in [9.17, 15) is 24.3 Å². The SMILES string of the molecule is CC1=C(CCC(=O)O)c2cc3[n-]c(cc4nc(cc5[n-]c(cc1n2)c(CCC(=O)OCCC(C)C)c5C)C(CCC(=O)OCCC(C)C)=C4C)c(CCC(=O)OCCC(C)C)c3C.[Pd+2]. The van der Waals surface area contributed by atoms with E-state index in [-0.39, 0.29) is 70.4 Å². The first-order valence-electron chi connectivity index (χ1n) is 22.6. The molecule has 3 aromatic heterocycles. The molecule has 3 aromatic rings. The number of hydrogen-bond acceptors (Lipinski definition) is 9. The monoisotopic (exact) mass is 968 g/mol. The van der Waals surface area contributed by atoms with E-state index in [1.165, 1.54) is 0 Å². The van der Waals surface area contributed by atoms with Crippen molar-refractivity contribution in [2.75, 3.05) is 19.8 Å². The van der Waals surface area contributed by atoms with Crippen LogP contribution in [0.2, 0.25) is 0 Å². The second kappa shape index (κ2) is 23.9. The molecular formula is C51H66N4O8Pd. The van der Waals surface area contributed by atoms with Gasteiger partial charge < -0.3 is 29.3 Å². The molecule has 0 amide bonds. The number of rotatable bonds is 21. The Morgan fingerprint density at radius 3 is 1.19 bits per heavy atom. The average molecular weight is 970 g/mol. The van der Waals surface area contributed by atoms with Gasteiger partial charge in [0.2, 0.25) is 0 Å².